The van der Waals surface area contributed by atoms with Crippen molar-refractivity contribution in [2.45, 2.75) is 11.4 Å². The fourth-order valence-electron chi connectivity index (χ4n) is 1.98. The molecule has 0 spiro atoms. The summed E-state index contributed by atoms with van der Waals surface area (Å²) in [4.78, 5) is 26.5. The maximum atomic E-state index is 11.8. The highest BCUT2D eigenvalue weighted by molar-refractivity contribution is 7.98. The minimum absolute atomic E-state index is 0.146. The van der Waals surface area contributed by atoms with Gasteiger partial charge in [-0.25, -0.2) is 0 Å². The van der Waals surface area contributed by atoms with Crippen LogP contribution in [0.1, 0.15) is 16.1 Å². The van der Waals surface area contributed by atoms with Crippen LogP contribution in [-0.4, -0.2) is 36.6 Å². The van der Waals surface area contributed by atoms with Crippen LogP contribution in [0.25, 0.3) is 0 Å². The smallest absolute Gasteiger partial charge is 0.305 e. The molecule has 23 heavy (non-hydrogen) atoms. The van der Waals surface area contributed by atoms with Crippen molar-refractivity contribution in [1.29, 1.82) is 0 Å². The lowest BCUT2D eigenvalue weighted by atomic mass is 10.2. The summed E-state index contributed by atoms with van der Waals surface area (Å²) >= 11 is 1.69. The second-order valence-electron chi connectivity index (χ2n) is 5.00. The molecule has 2 amide bonds. The maximum Gasteiger partial charge on any atom is 0.305 e. The number of hydrogen-bond acceptors (Lipinski definition) is 5. The largest absolute Gasteiger partial charge is 0.459 e. The molecule has 0 bridgehead atoms. The van der Waals surface area contributed by atoms with Crippen molar-refractivity contribution in [2.75, 3.05) is 19.8 Å². The Kier molecular flexibility index (Phi) is 6.25. The molecule has 0 saturated carbocycles. The minimum atomic E-state index is -0.487. The van der Waals surface area contributed by atoms with Crippen molar-refractivity contribution in [1.82, 2.24) is 15.8 Å². The van der Waals surface area contributed by atoms with Gasteiger partial charge in [0.15, 0.2) is 5.76 Å². The zero-order valence-corrected chi connectivity index (χ0v) is 13.9. The molecule has 1 heterocycles. The molecule has 0 atom stereocenters. The highest BCUT2D eigenvalue weighted by atomic mass is 32.2. The molecule has 0 fully saturated rings. The molecular weight excluding hydrogens is 314 g/mol. The van der Waals surface area contributed by atoms with Crippen molar-refractivity contribution in [3.05, 3.63) is 54.0 Å². The number of carbonyl (C=O) groups excluding carboxylic acids is 2. The van der Waals surface area contributed by atoms with Crippen LogP contribution in [0.15, 0.2) is 52.0 Å². The number of rotatable bonds is 6. The van der Waals surface area contributed by atoms with Gasteiger partial charge in [0, 0.05) is 11.4 Å². The van der Waals surface area contributed by atoms with Gasteiger partial charge in [-0.2, -0.15) is 0 Å². The molecule has 0 unspecified atom stereocenters. The molecule has 2 N–H and O–H groups in total. The number of hydrogen-bond donors (Lipinski definition) is 2. The van der Waals surface area contributed by atoms with Crippen LogP contribution < -0.4 is 10.9 Å². The van der Waals surface area contributed by atoms with E-state index >= 15 is 0 Å². The number of benzene rings is 1. The molecule has 0 aliphatic rings. The molecule has 1 aromatic carbocycles. The van der Waals surface area contributed by atoms with E-state index in [-0.39, 0.29) is 18.2 Å². The van der Waals surface area contributed by atoms with E-state index < -0.39 is 5.91 Å². The summed E-state index contributed by atoms with van der Waals surface area (Å²) in [6.07, 6.45) is 3.43. The highest BCUT2D eigenvalue weighted by Gasteiger charge is 2.11. The number of carbonyl (C=O) groups is 2. The van der Waals surface area contributed by atoms with E-state index in [1.54, 1.807) is 17.8 Å². The van der Waals surface area contributed by atoms with E-state index in [2.05, 4.69) is 23.0 Å². The van der Waals surface area contributed by atoms with Crippen molar-refractivity contribution in [3.8, 4) is 0 Å². The Morgan fingerprint density at radius 3 is 2.52 bits per heavy atom. The predicted molar refractivity (Wildman–Crippen MR) is 88.9 cm³/mol. The standard InChI is InChI=1S/C16H19N3O3S/c1-19(10-12-5-7-13(23-2)8-6-12)11-15(20)17-18-16(21)14-4-3-9-22-14/h3-9H,10-11H2,1-2H3,(H,17,20)(H,18,21). The maximum absolute atomic E-state index is 11.8. The van der Waals surface area contributed by atoms with Crippen molar-refractivity contribution in [3.63, 3.8) is 0 Å². The Hall–Kier alpha value is -2.25. The Labute approximate surface area is 139 Å². The van der Waals surface area contributed by atoms with Gasteiger partial charge in [0.1, 0.15) is 0 Å². The van der Waals surface area contributed by atoms with E-state index in [1.165, 1.54) is 17.2 Å². The third kappa shape index (κ3) is 5.46. The minimum Gasteiger partial charge on any atom is -0.459 e. The topological polar surface area (TPSA) is 74.6 Å². The second kappa shape index (κ2) is 8.40. The lowest BCUT2D eigenvalue weighted by Gasteiger charge is -2.16. The van der Waals surface area contributed by atoms with Gasteiger partial charge < -0.3 is 4.42 Å². The van der Waals surface area contributed by atoms with Crippen LogP contribution in [0.4, 0.5) is 0 Å². The fraction of sp³-hybridized carbons (Fsp3) is 0.250. The molecule has 0 radical (unpaired) electrons. The normalized spacial score (nSPS) is 10.6. The Morgan fingerprint density at radius 2 is 1.91 bits per heavy atom. The molecule has 2 rings (SSSR count). The van der Waals surface area contributed by atoms with E-state index in [0.29, 0.717) is 6.54 Å². The molecule has 2 aromatic rings. The third-order valence-corrected chi connectivity index (χ3v) is 3.83. The zero-order chi connectivity index (χ0) is 16.7. The van der Waals surface area contributed by atoms with Crippen LogP contribution in [0.3, 0.4) is 0 Å². The van der Waals surface area contributed by atoms with Crippen LogP contribution in [0.5, 0.6) is 0 Å². The average Bonchev–Trinajstić information content (AvgIpc) is 3.07. The first-order valence-electron chi connectivity index (χ1n) is 7.02. The highest BCUT2D eigenvalue weighted by Crippen LogP contribution is 2.15. The van der Waals surface area contributed by atoms with Crippen molar-refractivity contribution >= 4 is 23.6 Å². The van der Waals surface area contributed by atoms with Gasteiger partial charge in [-0.1, -0.05) is 12.1 Å². The first-order valence-corrected chi connectivity index (χ1v) is 8.25. The van der Waals surface area contributed by atoms with Gasteiger partial charge in [-0.15, -0.1) is 11.8 Å². The summed E-state index contributed by atoms with van der Waals surface area (Å²) in [5, 5.41) is 0. The van der Waals surface area contributed by atoms with E-state index in [9.17, 15) is 9.59 Å². The summed E-state index contributed by atoms with van der Waals surface area (Å²) < 4.78 is 4.93. The van der Waals surface area contributed by atoms with Gasteiger partial charge in [0.05, 0.1) is 12.8 Å². The second-order valence-corrected chi connectivity index (χ2v) is 5.88. The van der Waals surface area contributed by atoms with Gasteiger partial charge >= 0.3 is 5.91 Å². The van der Waals surface area contributed by atoms with Crippen LogP contribution in [0.2, 0.25) is 0 Å². The van der Waals surface area contributed by atoms with Crippen LogP contribution >= 0.6 is 11.8 Å². The van der Waals surface area contributed by atoms with Gasteiger partial charge in [0.25, 0.3) is 5.91 Å². The first-order chi connectivity index (χ1) is 11.1. The summed E-state index contributed by atoms with van der Waals surface area (Å²) in [5.41, 5.74) is 5.79. The Bertz CT molecular complexity index is 641. The number of nitrogens with zero attached hydrogens (tertiary/aromatic N) is 1. The number of thioether (sulfide) groups is 1. The summed E-state index contributed by atoms with van der Waals surface area (Å²) in [7, 11) is 1.84. The number of amides is 2. The van der Waals surface area contributed by atoms with Crippen molar-refractivity contribution in [2.24, 2.45) is 0 Å². The zero-order valence-electron chi connectivity index (χ0n) is 13.0. The molecule has 122 valence electrons. The van der Waals surface area contributed by atoms with Gasteiger partial charge in [-0.05, 0) is 43.1 Å². The predicted octanol–water partition coefficient (Wildman–Crippen LogP) is 1.89. The van der Waals surface area contributed by atoms with Gasteiger partial charge in [0.2, 0.25) is 0 Å². The molecule has 0 aliphatic heterocycles. The molecular formula is C16H19N3O3S. The van der Waals surface area contributed by atoms with Gasteiger partial charge in [-0.3, -0.25) is 25.3 Å². The first kappa shape index (κ1) is 17.1. The van der Waals surface area contributed by atoms with Crippen LogP contribution in [-0.2, 0) is 11.3 Å². The lowest BCUT2D eigenvalue weighted by Crippen LogP contribution is -2.45. The quantitative estimate of drug-likeness (QED) is 0.624. The van der Waals surface area contributed by atoms with E-state index in [0.717, 1.165) is 5.56 Å². The van der Waals surface area contributed by atoms with E-state index in [1.807, 2.05) is 30.3 Å². The Morgan fingerprint density at radius 1 is 1.17 bits per heavy atom. The summed E-state index contributed by atoms with van der Waals surface area (Å²) in [6.45, 7) is 0.816. The molecule has 0 saturated heterocycles. The average molecular weight is 333 g/mol. The SMILES string of the molecule is CSc1ccc(CN(C)CC(=O)NNC(=O)c2ccco2)cc1. The lowest BCUT2D eigenvalue weighted by molar-refractivity contribution is -0.122. The molecule has 1 aromatic heterocycles. The molecule has 0 aliphatic carbocycles. The third-order valence-electron chi connectivity index (χ3n) is 3.09. The molecule has 7 heteroatoms. The summed E-state index contributed by atoms with van der Waals surface area (Å²) in [5.74, 6) is -0.640. The number of hydrazine groups is 1. The number of nitrogens with one attached hydrogen (secondary N) is 2. The Balaban J connectivity index is 1.74. The number of likely N-dealkylation sites (N-methyl/N-ethyl adjacent to an activating group) is 1. The number of furan rings is 1. The summed E-state index contributed by atoms with van der Waals surface area (Å²) in [6, 6.07) is 11.3. The van der Waals surface area contributed by atoms with Crippen LogP contribution in [0, 0.1) is 0 Å². The van der Waals surface area contributed by atoms with E-state index in [4.69, 9.17) is 4.42 Å². The monoisotopic (exact) mass is 333 g/mol. The fourth-order valence-corrected chi connectivity index (χ4v) is 2.39. The van der Waals surface area contributed by atoms with Crippen molar-refractivity contribution < 1.29 is 14.0 Å². The molecule has 6 nitrogen and oxygen atoms in total.